The van der Waals surface area contributed by atoms with Gasteiger partial charge in [-0.05, 0) is 12.8 Å². The maximum absolute atomic E-state index is 12.0. The van der Waals surface area contributed by atoms with Crippen molar-refractivity contribution in [2.24, 2.45) is 0 Å². The average Bonchev–Trinajstić information content (AvgIpc) is 3.27. The largest absolute Gasteiger partial charge is 0.337 e. The van der Waals surface area contributed by atoms with Crippen LogP contribution in [0.15, 0.2) is 12.4 Å². The molecule has 2 aliphatic rings. The lowest BCUT2D eigenvalue weighted by atomic mass is 10.3. The van der Waals surface area contributed by atoms with Crippen LogP contribution in [0.4, 0.5) is 15.1 Å². The van der Waals surface area contributed by atoms with Gasteiger partial charge in [0, 0.05) is 31.5 Å². The van der Waals surface area contributed by atoms with Crippen molar-refractivity contribution in [3.05, 3.63) is 18.2 Å². The third-order valence-corrected chi connectivity index (χ3v) is 5.24. The van der Waals surface area contributed by atoms with E-state index in [1.54, 1.807) is 0 Å². The van der Waals surface area contributed by atoms with E-state index in [0.717, 1.165) is 43.4 Å². The lowest BCUT2D eigenvalue weighted by Gasteiger charge is -2.26. The van der Waals surface area contributed by atoms with E-state index < -0.39 is 0 Å². The van der Waals surface area contributed by atoms with E-state index in [2.05, 4.69) is 35.3 Å². The summed E-state index contributed by atoms with van der Waals surface area (Å²) in [6.45, 7) is 2.47. The summed E-state index contributed by atoms with van der Waals surface area (Å²) in [5.74, 6) is 1.03. The molecule has 0 unspecified atom stereocenters. The molecular formula is C14H19N7OS. The first-order valence-corrected chi connectivity index (χ1v) is 8.75. The van der Waals surface area contributed by atoms with Crippen molar-refractivity contribution < 1.29 is 4.79 Å². The summed E-state index contributed by atoms with van der Waals surface area (Å²) in [7, 11) is 0. The lowest BCUT2D eigenvalue weighted by Crippen LogP contribution is -2.36. The highest BCUT2D eigenvalue weighted by atomic mass is 32.1. The van der Waals surface area contributed by atoms with Gasteiger partial charge in [0.05, 0.1) is 6.54 Å². The number of urea groups is 1. The van der Waals surface area contributed by atoms with Gasteiger partial charge in [0.15, 0.2) is 0 Å². The molecule has 2 aromatic rings. The molecule has 0 spiro atoms. The molecule has 9 heteroatoms. The second-order valence-corrected chi connectivity index (χ2v) is 6.88. The van der Waals surface area contributed by atoms with Crippen LogP contribution in [-0.2, 0) is 13.1 Å². The molecule has 0 atom stereocenters. The first-order chi connectivity index (χ1) is 11.3. The van der Waals surface area contributed by atoms with Crippen LogP contribution in [0.5, 0.6) is 0 Å². The highest BCUT2D eigenvalue weighted by Crippen LogP contribution is 2.27. The van der Waals surface area contributed by atoms with Crippen LogP contribution in [0, 0.1) is 0 Å². The van der Waals surface area contributed by atoms with E-state index >= 15 is 0 Å². The number of carbonyl (C=O) groups excluding carboxylic acids is 1. The topological polar surface area (TPSA) is 88.0 Å². The number of nitrogens with one attached hydrogen (secondary N) is 2. The Labute approximate surface area is 137 Å². The maximum Gasteiger partial charge on any atom is 0.321 e. The average molecular weight is 333 g/mol. The number of amides is 2. The molecule has 0 radical (unpaired) electrons. The molecule has 2 aromatic heterocycles. The molecule has 2 amide bonds. The Balaban J connectivity index is 1.36. The number of aromatic nitrogens is 4. The van der Waals surface area contributed by atoms with Gasteiger partial charge in [0.25, 0.3) is 0 Å². The quantitative estimate of drug-likeness (QED) is 0.894. The van der Waals surface area contributed by atoms with Gasteiger partial charge < -0.3 is 14.8 Å². The summed E-state index contributed by atoms with van der Waals surface area (Å²) in [5.41, 5.74) is 0. The fourth-order valence-electron chi connectivity index (χ4n) is 3.12. The molecule has 2 N–H and O–H groups in total. The number of anilines is 2. The van der Waals surface area contributed by atoms with Crippen molar-refractivity contribution in [2.45, 2.75) is 44.8 Å². The fourth-order valence-corrected chi connectivity index (χ4v) is 3.88. The van der Waals surface area contributed by atoms with Gasteiger partial charge >= 0.3 is 6.03 Å². The summed E-state index contributed by atoms with van der Waals surface area (Å²) >= 11 is 1.40. The Kier molecular flexibility index (Phi) is 3.86. The number of imidazole rings is 1. The highest BCUT2D eigenvalue weighted by molar-refractivity contribution is 7.19. The lowest BCUT2D eigenvalue weighted by molar-refractivity contribution is 0.248. The standard InChI is InChI=1S/C14H19N7OS/c22-12(16-10-3-1-2-4-10)17-13-18-19-14(23-13)21-8-7-20-6-5-15-11(20)9-21/h5-6,10H,1-4,7-9H2,(H2,16,17,18,22). The van der Waals surface area contributed by atoms with Crippen LogP contribution in [0.25, 0.3) is 0 Å². The van der Waals surface area contributed by atoms with E-state index in [1.165, 1.54) is 24.2 Å². The van der Waals surface area contributed by atoms with E-state index in [9.17, 15) is 4.79 Å². The smallest absolute Gasteiger partial charge is 0.321 e. The molecule has 23 heavy (non-hydrogen) atoms. The predicted molar refractivity (Wildman–Crippen MR) is 87.6 cm³/mol. The van der Waals surface area contributed by atoms with Crippen molar-refractivity contribution in [1.29, 1.82) is 0 Å². The Morgan fingerprint density at radius 1 is 1.26 bits per heavy atom. The van der Waals surface area contributed by atoms with E-state index in [-0.39, 0.29) is 6.03 Å². The van der Waals surface area contributed by atoms with Crippen molar-refractivity contribution >= 4 is 27.6 Å². The van der Waals surface area contributed by atoms with Crippen molar-refractivity contribution in [3.8, 4) is 0 Å². The molecule has 1 fully saturated rings. The van der Waals surface area contributed by atoms with Gasteiger partial charge in [-0.1, -0.05) is 24.2 Å². The van der Waals surface area contributed by atoms with Crippen molar-refractivity contribution in [2.75, 3.05) is 16.8 Å². The Bertz CT molecular complexity index is 691. The number of nitrogens with zero attached hydrogens (tertiary/aromatic N) is 5. The summed E-state index contributed by atoms with van der Waals surface area (Å²) in [6.07, 6.45) is 8.33. The minimum absolute atomic E-state index is 0.186. The number of hydrogen-bond donors (Lipinski definition) is 2. The van der Waals surface area contributed by atoms with Gasteiger partial charge in [-0.3, -0.25) is 5.32 Å². The summed E-state index contributed by atoms with van der Waals surface area (Å²) in [4.78, 5) is 18.5. The SMILES string of the molecule is O=C(Nc1nnc(N2CCn3ccnc3C2)s1)NC1CCCC1. The monoisotopic (exact) mass is 333 g/mol. The molecule has 0 saturated heterocycles. The molecule has 4 rings (SSSR count). The first kappa shape index (κ1) is 14.4. The normalized spacial score (nSPS) is 18.0. The number of rotatable bonds is 3. The molecule has 1 aliphatic heterocycles. The van der Waals surface area contributed by atoms with Crippen LogP contribution in [0.2, 0.25) is 0 Å². The van der Waals surface area contributed by atoms with Crippen LogP contribution in [0.1, 0.15) is 31.5 Å². The van der Waals surface area contributed by atoms with Crippen LogP contribution >= 0.6 is 11.3 Å². The third-order valence-electron chi connectivity index (χ3n) is 4.34. The van der Waals surface area contributed by atoms with Gasteiger partial charge in [-0.15, -0.1) is 10.2 Å². The minimum Gasteiger partial charge on any atom is -0.337 e. The second-order valence-electron chi connectivity index (χ2n) is 5.93. The molecule has 3 heterocycles. The van der Waals surface area contributed by atoms with E-state index in [1.807, 2.05) is 12.4 Å². The Hall–Kier alpha value is -2.16. The third kappa shape index (κ3) is 3.14. The summed E-state index contributed by atoms with van der Waals surface area (Å²) in [5, 5.41) is 15.4. The maximum atomic E-state index is 12.0. The number of fused-ring (bicyclic) bond motifs is 1. The molecule has 0 aromatic carbocycles. The Morgan fingerprint density at radius 3 is 3.00 bits per heavy atom. The molecule has 1 aliphatic carbocycles. The molecule has 8 nitrogen and oxygen atoms in total. The number of hydrogen-bond acceptors (Lipinski definition) is 6. The predicted octanol–water partition coefficient (Wildman–Crippen LogP) is 1.82. The molecule has 1 saturated carbocycles. The second kappa shape index (κ2) is 6.15. The van der Waals surface area contributed by atoms with E-state index in [4.69, 9.17) is 0 Å². The summed E-state index contributed by atoms with van der Waals surface area (Å²) < 4.78 is 2.14. The van der Waals surface area contributed by atoms with Crippen LogP contribution in [0.3, 0.4) is 0 Å². The zero-order valence-electron chi connectivity index (χ0n) is 12.7. The summed E-state index contributed by atoms with van der Waals surface area (Å²) in [6, 6.07) is 0.108. The zero-order chi connectivity index (χ0) is 15.6. The van der Waals surface area contributed by atoms with Crippen LogP contribution in [-0.4, -0.2) is 38.4 Å². The van der Waals surface area contributed by atoms with Gasteiger partial charge in [-0.2, -0.15) is 0 Å². The minimum atomic E-state index is -0.186. The molecular weight excluding hydrogens is 314 g/mol. The molecule has 0 bridgehead atoms. The van der Waals surface area contributed by atoms with Gasteiger partial charge in [0.1, 0.15) is 5.82 Å². The van der Waals surface area contributed by atoms with E-state index in [0.29, 0.717) is 11.2 Å². The van der Waals surface area contributed by atoms with Gasteiger partial charge in [-0.25, -0.2) is 9.78 Å². The highest BCUT2D eigenvalue weighted by Gasteiger charge is 2.21. The van der Waals surface area contributed by atoms with Crippen LogP contribution < -0.4 is 15.5 Å². The fraction of sp³-hybridized carbons (Fsp3) is 0.571. The Morgan fingerprint density at radius 2 is 2.13 bits per heavy atom. The zero-order valence-corrected chi connectivity index (χ0v) is 13.6. The first-order valence-electron chi connectivity index (χ1n) is 7.94. The van der Waals surface area contributed by atoms with Crippen molar-refractivity contribution in [3.63, 3.8) is 0 Å². The number of carbonyl (C=O) groups is 1. The van der Waals surface area contributed by atoms with Crippen molar-refractivity contribution in [1.82, 2.24) is 25.1 Å². The van der Waals surface area contributed by atoms with Gasteiger partial charge in [0.2, 0.25) is 10.3 Å². The molecule has 122 valence electrons.